The fourth-order valence-corrected chi connectivity index (χ4v) is 2.08. The predicted octanol–water partition coefficient (Wildman–Crippen LogP) is 3.46. The van der Waals surface area contributed by atoms with Crippen LogP contribution in [0.15, 0.2) is 24.3 Å². The standard InChI is InChI=1S/C13H13ClN2O/c14-12-10-3-1-2-4-11(10)13(16-15-12)17-8-7-9-5-6-9/h1-4,9H,5-8H2. The number of ether oxygens (including phenoxy) is 1. The van der Waals surface area contributed by atoms with Crippen molar-refractivity contribution in [2.24, 2.45) is 5.92 Å². The number of rotatable bonds is 4. The van der Waals surface area contributed by atoms with Gasteiger partial charge in [0.25, 0.3) is 0 Å². The second kappa shape index (κ2) is 4.49. The molecule has 0 bridgehead atoms. The number of hydrogen-bond acceptors (Lipinski definition) is 3. The molecule has 0 aliphatic heterocycles. The van der Waals surface area contributed by atoms with Crippen LogP contribution in [0.1, 0.15) is 19.3 Å². The topological polar surface area (TPSA) is 35.0 Å². The molecule has 4 heteroatoms. The average Bonchev–Trinajstić information content (AvgIpc) is 3.17. The van der Waals surface area contributed by atoms with Crippen LogP contribution in [0.2, 0.25) is 5.15 Å². The smallest absolute Gasteiger partial charge is 0.241 e. The molecule has 17 heavy (non-hydrogen) atoms. The minimum Gasteiger partial charge on any atom is -0.476 e. The molecule has 1 aliphatic carbocycles. The fourth-order valence-electron chi connectivity index (χ4n) is 1.88. The molecule has 88 valence electrons. The van der Waals surface area contributed by atoms with E-state index in [0.717, 1.165) is 23.1 Å². The molecule has 1 fully saturated rings. The minimum atomic E-state index is 0.426. The third-order valence-electron chi connectivity index (χ3n) is 3.07. The van der Waals surface area contributed by atoms with Crippen LogP contribution in [0.5, 0.6) is 5.88 Å². The highest BCUT2D eigenvalue weighted by Gasteiger charge is 2.21. The summed E-state index contributed by atoms with van der Waals surface area (Å²) in [6.45, 7) is 0.713. The lowest BCUT2D eigenvalue weighted by molar-refractivity contribution is 0.292. The van der Waals surface area contributed by atoms with Gasteiger partial charge in [0.1, 0.15) is 0 Å². The molecule has 2 aromatic rings. The Morgan fingerprint density at radius 1 is 1.18 bits per heavy atom. The Morgan fingerprint density at radius 2 is 1.94 bits per heavy atom. The summed E-state index contributed by atoms with van der Waals surface area (Å²) < 4.78 is 5.69. The maximum atomic E-state index is 5.99. The van der Waals surface area contributed by atoms with Gasteiger partial charge < -0.3 is 4.74 Å². The van der Waals surface area contributed by atoms with Gasteiger partial charge in [0, 0.05) is 10.8 Å². The zero-order valence-electron chi connectivity index (χ0n) is 9.40. The molecule has 0 unspecified atom stereocenters. The summed E-state index contributed by atoms with van der Waals surface area (Å²) in [5.74, 6) is 1.45. The molecule has 0 spiro atoms. The molecule has 0 radical (unpaired) electrons. The highest BCUT2D eigenvalue weighted by molar-refractivity contribution is 6.34. The number of benzene rings is 1. The Morgan fingerprint density at radius 3 is 2.71 bits per heavy atom. The number of fused-ring (bicyclic) bond motifs is 1. The quantitative estimate of drug-likeness (QED) is 0.831. The molecular weight excluding hydrogens is 236 g/mol. The second-order valence-corrected chi connectivity index (χ2v) is 4.78. The average molecular weight is 249 g/mol. The zero-order valence-corrected chi connectivity index (χ0v) is 10.2. The van der Waals surface area contributed by atoms with Gasteiger partial charge in [-0.15, -0.1) is 10.2 Å². The van der Waals surface area contributed by atoms with E-state index in [1.165, 1.54) is 12.8 Å². The van der Waals surface area contributed by atoms with Gasteiger partial charge in [0.2, 0.25) is 5.88 Å². The van der Waals surface area contributed by atoms with Crippen molar-refractivity contribution in [3.8, 4) is 5.88 Å². The normalized spacial score (nSPS) is 15.1. The van der Waals surface area contributed by atoms with Crippen LogP contribution in [-0.4, -0.2) is 16.8 Å². The largest absolute Gasteiger partial charge is 0.476 e. The minimum absolute atomic E-state index is 0.426. The zero-order chi connectivity index (χ0) is 11.7. The van der Waals surface area contributed by atoms with Crippen molar-refractivity contribution in [1.29, 1.82) is 0 Å². The van der Waals surface area contributed by atoms with Crippen molar-refractivity contribution in [2.45, 2.75) is 19.3 Å². The molecular formula is C13H13ClN2O. The van der Waals surface area contributed by atoms with Crippen molar-refractivity contribution in [3.63, 3.8) is 0 Å². The van der Waals surface area contributed by atoms with Crippen molar-refractivity contribution < 1.29 is 4.74 Å². The Hall–Kier alpha value is -1.35. The van der Waals surface area contributed by atoms with E-state index in [9.17, 15) is 0 Å². The summed E-state index contributed by atoms with van der Waals surface area (Å²) in [5, 5.41) is 10.2. The molecule has 3 rings (SSSR count). The van der Waals surface area contributed by atoms with Gasteiger partial charge in [-0.2, -0.15) is 0 Å². The SMILES string of the molecule is Clc1nnc(OCCC2CC2)c2ccccc12. The number of aromatic nitrogens is 2. The Balaban J connectivity index is 1.84. The van der Waals surface area contributed by atoms with Gasteiger partial charge >= 0.3 is 0 Å². The van der Waals surface area contributed by atoms with E-state index in [-0.39, 0.29) is 0 Å². The van der Waals surface area contributed by atoms with Gasteiger partial charge in [-0.05, 0) is 18.4 Å². The maximum absolute atomic E-state index is 5.99. The van der Waals surface area contributed by atoms with Crippen molar-refractivity contribution in [3.05, 3.63) is 29.4 Å². The Kier molecular flexibility index (Phi) is 2.85. The van der Waals surface area contributed by atoms with Gasteiger partial charge in [0.15, 0.2) is 5.15 Å². The van der Waals surface area contributed by atoms with E-state index < -0.39 is 0 Å². The molecule has 3 nitrogen and oxygen atoms in total. The first-order chi connectivity index (χ1) is 8.34. The molecule has 0 saturated heterocycles. The van der Waals surface area contributed by atoms with Crippen LogP contribution >= 0.6 is 11.6 Å². The first-order valence-electron chi connectivity index (χ1n) is 5.88. The van der Waals surface area contributed by atoms with E-state index in [0.29, 0.717) is 17.6 Å². The third-order valence-corrected chi connectivity index (χ3v) is 3.35. The van der Waals surface area contributed by atoms with Gasteiger partial charge in [0.05, 0.1) is 6.61 Å². The van der Waals surface area contributed by atoms with Crippen LogP contribution in [0, 0.1) is 5.92 Å². The van der Waals surface area contributed by atoms with Gasteiger partial charge in [-0.25, -0.2) is 0 Å². The first-order valence-corrected chi connectivity index (χ1v) is 6.26. The molecule has 1 heterocycles. The molecule has 0 atom stereocenters. The Labute approximate surface area is 105 Å². The fraction of sp³-hybridized carbons (Fsp3) is 0.385. The number of nitrogens with zero attached hydrogens (tertiary/aromatic N) is 2. The molecule has 1 saturated carbocycles. The summed E-state index contributed by atoms with van der Waals surface area (Å²) in [5.41, 5.74) is 0. The van der Waals surface area contributed by atoms with Crippen molar-refractivity contribution >= 4 is 22.4 Å². The van der Waals surface area contributed by atoms with Crippen LogP contribution in [0.25, 0.3) is 10.8 Å². The van der Waals surface area contributed by atoms with Crippen LogP contribution in [0.4, 0.5) is 0 Å². The lowest BCUT2D eigenvalue weighted by Crippen LogP contribution is -2.01. The number of hydrogen-bond donors (Lipinski definition) is 0. The first kappa shape index (κ1) is 10.8. The summed E-state index contributed by atoms with van der Waals surface area (Å²) >= 11 is 5.99. The summed E-state index contributed by atoms with van der Waals surface area (Å²) in [6.07, 6.45) is 3.80. The van der Waals surface area contributed by atoms with E-state index in [2.05, 4.69) is 10.2 Å². The summed E-state index contributed by atoms with van der Waals surface area (Å²) in [7, 11) is 0. The Bertz CT molecular complexity index is 540. The van der Waals surface area contributed by atoms with Crippen LogP contribution in [0.3, 0.4) is 0 Å². The summed E-state index contributed by atoms with van der Waals surface area (Å²) in [4.78, 5) is 0. The van der Waals surface area contributed by atoms with E-state index >= 15 is 0 Å². The van der Waals surface area contributed by atoms with E-state index in [4.69, 9.17) is 16.3 Å². The number of halogens is 1. The van der Waals surface area contributed by atoms with E-state index in [1.54, 1.807) is 0 Å². The molecule has 0 amide bonds. The lowest BCUT2D eigenvalue weighted by Gasteiger charge is -2.07. The van der Waals surface area contributed by atoms with Gasteiger partial charge in [-0.1, -0.05) is 42.6 Å². The maximum Gasteiger partial charge on any atom is 0.241 e. The van der Waals surface area contributed by atoms with Gasteiger partial charge in [-0.3, -0.25) is 0 Å². The molecule has 1 aliphatic rings. The molecule has 1 aromatic carbocycles. The monoisotopic (exact) mass is 248 g/mol. The van der Waals surface area contributed by atoms with Crippen molar-refractivity contribution in [2.75, 3.05) is 6.61 Å². The van der Waals surface area contributed by atoms with Crippen molar-refractivity contribution in [1.82, 2.24) is 10.2 Å². The van der Waals surface area contributed by atoms with Crippen LogP contribution < -0.4 is 4.74 Å². The highest BCUT2D eigenvalue weighted by atomic mass is 35.5. The third kappa shape index (κ3) is 2.34. The van der Waals surface area contributed by atoms with E-state index in [1.807, 2.05) is 24.3 Å². The molecule has 1 aromatic heterocycles. The highest BCUT2D eigenvalue weighted by Crippen LogP contribution is 2.33. The molecule has 0 N–H and O–H groups in total. The second-order valence-electron chi connectivity index (χ2n) is 4.42. The van der Waals surface area contributed by atoms with Crippen LogP contribution in [-0.2, 0) is 0 Å². The summed E-state index contributed by atoms with van der Waals surface area (Å²) in [6, 6.07) is 7.78. The lowest BCUT2D eigenvalue weighted by atomic mass is 10.2. The predicted molar refractivity (Wildman–Crippen MR) is 67.4 cm³/mol.